The predicted molar refractivity (Wildman–Crippen MR) is 112 cm³/mol. The Balaban J connectivity index is 2.03. The summed E-state index contributed by atoms with van der Waals surface area (Å²) in [7, 11) is 0. The molecule has 1 amide bonds. The van der Waals surface area contributed by atoms with E-state index in [1.54, 1.807) is 23.2 Å². The van der Waals surface area contributed by atoms with Crippen LogP contribution in [0.3, 0.4) is 0 Å². The van der Waals surface area contributed by atoms with Crippen LogP contribution >= 0.6 is 11.6 Å². The zero-order chi connectivity index (χ0) is 20.3. The fourth-order valence-corrected chi connectivity index (χ4v) is 3.94. The maximum Gasteiger partial charge on any atom is 0.416 e. The van der Waals surface area contributed by atoms with E-state index < -0.39 is 5.60 Å². The van der Waals surface area contributed by atoms with E-state index in [9.17, 15) is 4.79 Å². The lowest BCUT2D eigenvalue weighted by Crippen LogP contribution is -2.45. The third kappa shape index (κ3) is 4.51. The molecule has 5 nitrogen and oxygen atoms in total. The molecule has 0 saturated heterocycles. The number of aromatic amines is 1. The summed E-state index contributed by atoms with van der Waals surface area (Å²) < 4.78 is 5.73. The van der Waals surface area contributed by atoms with Crippen LogP contribution in [0.25, 0.3) is 11.1 Å². The lowest BCUT2D eigenvalue weighted by atomic mass is 9.94. The van der Waals surface area contributed by atoms with Crippen LogP contribution in [0.2, 0.25) is 5.02 Å². The molecule has 1 aliphatic rings. The second kappa shape index (κ2) is 8.28. The maximum absolute atomic E-state index is 13.1. The fraction of sp³-hybridized carbons (Fsp3) is 0.455. The van der Waals surface area contributed by atoms with Gasteiger partial charge in [0.15, 0.2) is 0 Å². The number of ether oxygens (including phenoxy) is 1. The number of nitriles is 1. The zero-order valence-corrected chi connectivity index (χ0v) is 17.3. The van der Waals surface area contributed by atoms with Crippen molar-refractivity contribution in [3.05, 3.63) is 41.0 Å². The van der Waals surface area contributed by atoms with Gasteiger partial charge < -0.3 is 9.72 Å². The molecule has 1 saturated carbocycles. The van der Waals surface area contributed by atoms with Gasteiger partial charge in [-0.15, -0.1) is 0 Å². The molecule has 28 heavy (non-hydrogen) atoms. The SMILES string of the molecule is CC(C)(C)OC(=O)N(c1[nH]ccc1-c1ccc(C#N)cc1Cl)C1CCCCC1. The Morgan fingerprint density at radius 1 is 1.21 bits per heavy atom. The van der Waals surface area contributed by atoms with Gasteiger partial charge in [-0.2, -0.15) is 5.26 Å². The highest BCUT2D eigenvalue weighted by Gasteiger charge is 2.33. The molecule has 1 N–H and O–H groups in total. The third-order valence-electron chi connectivity index (χ3n) is 4.88. The van der Waals surface area contributed by atoms with Crippen molar-refractivity contribution in [2.45, 2.75) is 64.5 Å². The number of rotatable bonds is 3. The minimum absolute atomic E-state index is 0.0816. The van der Waals surface area contributed by atoms with E-state index in [2.05, 4.69) is 11.1 Å². The number of hydrogen-bond donors (Lipinski definition) is 1. The molecule has 0 aliphatic heterocycles. The monoisotopic (exact) mass is 399 g/mol. The Hall–Kier alpha value is -2.45. The fourth-order valence-electron chi connectivity index (χ4n) is 3.65. The molecule has 0 unspecified atom stereocenters. The second-order valence-corrected chi connectivity index (χ2v) is 8.60. The van der Waals surface area contributed by atoms with E-state index in [1.807, 2.05) is 32.9 Å². The highest BCUT2D eigenvalue weighted by atomic mass is 35.5. The first-order valence-electron chi connectivity index (χ1n) is 9.70. The summed E-state index contributed by atoms with van der Waals surface area (Å²) in [5, 5.41) is 9.57. The zero-order valence-electron chi connectivity index (χ0n) is 16.6. The number of anilines is 1. The number of halogens is 1. The molecule has 3 rings (SSSR count). The minimum Gasteiger partial charge on any atom is -0.443 e. The summed E-state index contributed by atoms with van der Waals surface area (Å²) in [6.07, 6.45) is 6.72. The van der Waals surface area contributed by atoms with Gasteiger partial charge in [0.2, 0.25) is 0 Å². The predicted octanol–water partition coefficient (Wildman–Crippen LogP) is 6.28. The van der Waals surface area contributed by atoms with Crippen molar-refractivity contribution in [2.24, 2.45) is 0 Å². The van der Waals surface area contributed by atoms with E-state index in [4.69, 9.17) is 21.6 Å². The van der Waals surface area contributed by atoms with Crippen LogP contribution in [0, 0.1) is 11.3 Å². The molecule has 1 heterocycles. The molecule has 0 spiro atoms. The van der Waals surface area contributed by atoms with Gasteiger partial charge in [0.05, 0.1) is 11.6 Å². The largest absolute Gasteiger partial charge is 0.443 e. The first-order valence-corrected chi connectivity index (χ1v) is 10.1. The van der Waals surface area contributed by atoms with Crippen LogP contribution < -0.4 is 4.90 Å². The second-order valence-electron chi connectivity index (χ2n) is 8.19. The Morgan fingerprint density at radius 2 is 1.93 bits per heavy atom. The summed E-state index contributed by atoms with van der Waals surface area (Å²) in [5.41, 5.74) is 1.53. The summed E-state index contributed by atoms with van der Waals surface area (Å²) in [6, 6.07) is 9.28. The van der Waals surface area contributed by atoms with Crippen molar-refractivity contribution in [1.82, 2.24) is 4.98 Å². The van der Waals surface area contributed by atoms with Gasteiger partial charge in [-0.25, -0.2) is 4.79 Å². The standard InChI is InChI=1S/C22H26ClN3O2/c1-22(2,3)28-21(27)26(16-7-5-4-6-8-16)20-18(11-12-25-20)17-10-9-15(14-24)13-19(17)23/h9-13,16,25H,4-8H2,1-3H3. The van der Waals surface area contributed by atoms with Gasteiger partial charge in [-0.1, -0.05) is 36.9 Å². The molecule has 1 fully saturated rings. The Kier molecular flexibility index (Phi) is 6.00. The number of carbonyl (C=O) groups excluding carboxylic acids is 1. The van der Waals surface area contributed by atoms with Gasteiger partial charge in [0.25, 0.3) is 0 Å². The summed E-state index contributed by atoms with van der Waals surface area (Å²) in [6.45, 7) is 5.62. The van der Waals surface area contributed by atoms with E-state index in [0.29, 0.717) is 16.4 Å². The number of carbonyl (C=O) groups is 1. The van der Waals surface area contributed by atoms with Crippen LogP contribution in [0.15, 0.2) is 30.5 Å². The van der Waals surface area contributed by atoms with Crippen molar-refractivity contribution in [3.8, 4) is 17.2 Å². The molecule has 148 valence electrons. The summed E-state index contributed by atoms with van der Waals surface area (Å²) >= 11 is 6.45. The lowest BCUT2D eigenvalue weighted by molar-refractivity contribution is 0.0557. The Bertz CT molecular complexity index is 886. The smallest absolute Gasteiger partial charge is 0.416 e. The van der Waals surface area contributed by atoms with E-state index in [-0.39, 0.29) is 12.1 Å². The summed E-state index contributed by atoms with van der Waals surface area (Å²) in [5.74, 6) is 0.688. The minimum atomic E-state index is -0.581. The maximum atomic E-state index is 13.1. The molecule has 1 aromatic heterocycles. The molecule has 0 radical (unpaired) electrons. The average molecular weight is 400 g/mol. The summed E-state index contributed by atoms with van der Waals surface area (Å²) in [4.78, 5) is 18.1. The number of hydrogen-bond acceptors (Lipinski definition) is 3. The first kappa shape index (κ1) is 20.3. The molecular weight excluding hydrogens is 374 g/mol. The number of aromatic nitrogens is 1. The quantitative estimate of drug-likeness (QED) is 0.660. The number of amides is 1. The van der Waals surface area contributed by atoms with Crippen molar-refractivity contribution in [2.75, 3.05) is 4.90 Å². The van der Waals surface area contributed by atoms with Crippen LogP contribution in [0.4, 0.5) is 10.6 Å². The van der Waals surface area contributed by atoms with Crippen LogP contribution in [0.5, 0.6) is 0 Å². The highest BCUT2D eigenvalue weighted by Crippen LogP contribution is 2.38. The number of nitrogens with one attached hydrogen (secondary N) is 1. The molecule has 1 aromatic carbocycles. The van der Waals surface area contributed by atoms with Gasteiger partial charge >= 0.3 is 6.09 Å². The first-order chi connectivity index (χ1) is 13.3. The number of nitrogens with zero attached hydrogens (tertiary/aromatic N) is 2. The molecule has 2 aromatic rings. The van der Waals surface area contributed by atoms with Crippen LogP contribution in [-0.2, 0) is 4.74 Å². The Morgan fingerprint density at radius 3 is 2.54 bits per heavy atom. The molecule has 0 atom stereocenters. The van der Waals surface area contributed by atoms with Gasteiger partial charge in [0.1, 0.15) is 11.4 Å². The molecular formula is C22H26ClN3O2. The molecule has 6 heteroatoms. The molecule has 0 bridgehead atoms. The van der Waals surface area contributed by atoms with Gasteiger partial charge in [-0.05, 0) is 51.8 Å². The van der Waals surface area contributed by atoms with Gasteiger partial charge in [-0.3, -0.25) is 4.90 Å². The van der Waals surface area contributed by atoms with Gasteiger partial charge in [0, 0.05) is 28.4 Å². The number of H-pyrrole nitrogens is 1. The van der Waals surface area contributed by atoms with Crippen molar-refractivity contribution >= 4 is 23.5 Å². The van der Waals surface area contributed by atoms with Crippen molar-refractivity contribution in [3.63, 3.8) is 0 Å². The lowest BCUT2D eigenvalue weighted by Gasteiger charge is -2.35. The average Bonchev–Trinajstić information content (AvgIpc) is 3.10. The Labute approximate surface area is 171 Å². The van der Waals surface area contributed by atoms with E-state index in [0.717, 1.165) is 36.8 Å². The third-order valence-corrected chi connectivity index (χ3v) is 5.20. The van der Waals surface area contributed by atoms with Crippen LogP contribution in [0.1, 0.15) is 58.4 Å². The van der Waals surface area contributed by atoms with Crippen LogP contribution in [-0.4, -0.2) is 22.7 Å². The number of benzene rings is 1. The highest BCUT2D eigenvalue weighted by molar-refractivity contribution is 6.33. The normalized spacial score (nSPS) is 15.1. The van der Waals surface area contributed by atoms with E-state index >= 15 is 0 Å². The van der Waals surface area contributed by atoms with E-state index in [1.165, 1.54) is 6.42 Å². The molecule has 1 aliphatic carbocycles. The van der Waals surface area contributed by atoms with Crippen molar-refractivity contribution < 1.29 is 9.53 Å². The van der Waals surface area contributed by atoms with Crippen molar-refractivity contribution in [1.29, 1.82) is 5.26 Å². The topological polar surface area (TPSA) is 69.1 Å².